The number of benzene rings is 1. The Hall–Kier alpha value is -1.38. The standard InChI is InChI=1S/C10H11NO3S/c1-8-2-3-9(7-11)6-10(8)15(13,14)5-4-12/h2-3,6,12H,4-5H2,1H3. The van der Waals surface area contributed by atoms with Crippen LogP contribution >= 0.6 is 0 Å². The zero-order chi connectivity index (χ0) is 11.5. The highest BCUT2D eigenvalue weighted by Gasteiger charge is 2.16. The number of hydrogen-bond donors (Lipinski definition) is 1. The normalized spacial score (nSPS) is 11.0. The van der Waals surface area contributed by atoms with Crippen LogP contribution in [-0.2, 0) is 9.84 Å². The number of aliphatic hydroxyl groups is 1. The molecule has 5 heteroatoms. The second-order valence-electron chi connectivity index (χ2n) is 3.13. The first-order valence-electron chi connectivity index (χ1n) is 4.35. The Bertz CT molecular complexity index is 500. The molecule has 0 aliphatic rings. The monoisotopic (exact) mass is 225 g/mol. The Morgan fingerprint density at radius 1 is 1.47 bits per heavy atom. The third kappa shape index (κ3) is 2.55. The molecule has 1 aromatic carbocycles. The molecule has 80 valence electrons. The summed E-state index contributed by atoms with van der Waals surface area (Å²) in [4.78, 5) is 0.121. The van der Waals surface area contributed by atoms with Crippen molar-refractivity contribution in [2.75, 3.05) is 12.4 Å². The summed E-state index contributed by atoms with van der Waals surface area (Å²) in [6, 6.07) is 6.36. The molecule has 15 heavy (non-hydrogen) atoms. The number of nitrogens with zero attached hydrogens (tertiary/aromatic N) is 1. The van der Waals surface area contributed by atoms with Crippen molar-refractivity contribution in [1.29, 1.82) is 5.26 Å². The molecule has 0 atom stereocenters. The number of sulfone groups is 1. The lowest BCUT2D eigenvalue weighted by molar-refractivity contribution is 0.319. The Balaban J connectivity index is 3.31. The van der Waals surface area contributed by atoms with Crippen molar-refractivity contribution >= 4 is 9.84 Å². The molecule has 0 radical (unpaired) electrons. The van der Waals surface area contributed by atoms with Gasteiger partial charge in [-0.3, -0.25) is 0 Å². The van der Waals surface area contributed by atoms with Crippen LogP contribution in [0.3, 0.4) is 0 Å². The molecule has 0 fully saturated rings. The van der Waals surface area contributed by atoms with Gasteiger partial charge in [0.15, 0.2) is 9.84 Å². The number of aliphatic hydroxyl groups excluding tert-OH is 1. The highest BCUT2D eigenvalue weighted by atomic mass is 32.2. The van der Waals surface area contributed by atoms with E-state index in [0.717, 1.165) is 0 Å². The largest absolute Gasteiger partial charge is 0.395 e. The maximum absolute atomic E-state index is 11.7. The molecular weight excluding hydrogens is 214 g/mol. The molecule has 4 nitrogen and oxygen atoms in total. The van der Waals surface area contributed by atoms with Gasteiger partial charge >= 0.3 is 0 Å². The first-order valence-corrected chi connectivity index (χ1v) is 6.01. The van der Waals surface area contributed by atoms with E-state index in [1.165, 1.54) is 6.07 Å². The lowest BCUT2D eigenvalue weighted by Gasteiger charge is -2.06. The van der Waals surface area contributed by atoms with E-state index in [9.17, 15) is 8.42 Å². The van der Waals surface area contributed by atoms with Crippen LogP contribution < -0.4 is 0 Å². The van der Waals surface area contributed by atoms with E-state index in [1.807, 2.05) is 6.07 Å². The molecule has 0 heterocycles. The van der Waals surface area contributed by atoms with E-state index < -0.39 is 16.4 Å². The van der Waals surface area contributed by atoms with E-state index in [2.05, 4.69) is 0 Å². The number of aryl methyl sites for hydroxylation is 1. The SMILES string of the molecule is Cc1ccc(C#N)cc1S(=O)(=O)CCO. The molecule has 0 bridgehead atoms. The van der Waals surface area contributed by atoms with Crippen LogP contribution in [0.1, 0.15) is 11.1 Å². The fraction of sp³-hybridized carbons (Fsp3) is 0.300. The zero-order valence-electron chi connectivity index (χ0n) is 8.27. The molecule has 1 aromatic rings. The van der Waals surface area contributed by atoms with E-state index >= 15 is 0 Å². The molecule has 1 N–H and O–H groups in total. The predicted molar refractivity (Wildman–Crippen MR) is 55.0 cm³/mol. The van der Waals surface area contributed by atoms with Crippen LogP contribution in [0.5, 0.6) is 0 Å². The number of rotatable bonds is 3. The molecule has 1 rings (SSSR count). The van der Waals surface area contributed by atoms with E-state index in [1.54, 1.807) is 19.1 Å². The number of hydrogen-bond acceptors (Lipinski definition) is 4. The molecular formula is C10H11NO3S. The molecule has 0 saturated carbocycles. The Morgan fingerprint density at radius 2 is 2.13 bits per heavy atom. The van der Waals surface area contributed by atoms with Gasteiger partial charge in [0.05, 0.1) is 28.9 Å². The summed E-state index contributed by atoms with van der Waals surface area (Å²) in [6.07, 6.45) is 0. The summed E-state index contributed by atoms with van der Waals surface area (Å²) >= 11 is 0. The lowest BCUT2D eigenvalue weighted by atomic mass is 10.2. The van der Waals surface area contributed by atoms with Crippen molar-refractivity contribution in [2.24, 2.45) is 0 Å². The first-order chi connectivity index (χ1) is 7.01. The highest BCUT2D eigenvalue weighted by molar-refractivity contribution is 7.91. The molecule has 0 unspecified atom stereocenters. The first kappa shape index (κ1) is 11.7. The predicted octanol–water partition coefficient (Wildman–Crippen LogP) is 0.633. The number of nitriles is 1. The van der Waals surface area contributed by atoms with E-state index in [0.29, 0.717) is 11.1 Å². The Kier molecular flexibility index (Phi) is 3.45. The topological polar surface area (TPSA) is 78.2 Å². The van der Waals surface area contributed by atoms with Crippen LogP contribution in [0.4, 0.5) is 0 Å². The average Bonchev–Trinajstić information content (AvgIpc) is 2.18. The summed E-state index contributed by atoms with van der Waals surface area (Å²) in [5, 5.41) is 17.3. The van der Waals surface area contributed by atoms with Crippen LogP contribution in [0.15, 0.2) is 23.1 Å². The van der Waals surface area contributed by atoms with Crippen molar-refractivity contribution in [3.8, 4) is 6.07 Å². The van der Waals surface area contributed by atoms with Gasteiger partial charge in [-0.1, -0.05) is 6.07 Å². The molecule has 0 aliphatic carbocycles. The maximum atomic E-state index is 11.7. The third-order valence-electron chi connectivity index (χ3n) is 2.01. The van der Waals surface area contributed by atoms with Crippen molar-refractivity contribution in [1.82, 2.24) is 0 Å². The minimum Gasteiger partial charge on any atom is -0.395 e. The minimum atomic E-state index is -3.47. The van der Waals surface area contributed by atoms with Crippen molar-refractivity contribution in [2.45, 2.75) is 11.8 Å². The second-order valence-corrected chi connectivity index (χ2v) is 5.21. The maximum Gasteiger partial charge on any atom is 0.180 e. The van der Waals surface area contributed by atoms with Gasteiger partial charge < -0.3 is 5.11 Å². The smallest absolute Gasteiger partial charge is 0.180 e. The van der Waals surface area contributed by atoms with E-state index in [-0.39, 0.29) is 10.6 Å². The van der Waals surface area contributed by atoms with Gasteiger partial charge in [-0.25, -0.2) is 8.42 Å². The van der Waals surface area contributed by atoms with Gasteiger partial charge in [0.2, 0.25) is 0 Å². The van der Waals surface area contributed by atoms with Crippen LogP contribution in [-0.4, -0.2) is 25.9 Å². The van der Waals surface area contributed by atoms with Crippen molar-refractivity contribution < 1.29 is 13.5 Å². The van der Waals surface area contributed by atoms with Gasteiger partial charge in [-0.2, -0.15) is 5.26 Å². The van der Waals surface area contributed by atoms with Crippen LogP contribution in [0.2, 0.25) is 0 Å². The summed E-state index contributed by atoms with van der Waals surface area (Å²) in [7, 11) is -3.47. The van der Waals surface area contributed by atoms with Gasteiger partial charge in [0.25, 0.3) is 0 Å². The lowest BCUT2D eigenvalue weighted by Crippen LogP contribution is -2.11. The molecule has 0 spiro atoms. The van der Waals surface area contributed by atoms with Crippen molar-refractivity contribution in [3.63, 3.8) is 0 Å². The third-order valence-corrected chi connectivity index (χ3v) is 3.84. The van der Waals surface area contributed by atoms with Crippen LogP contribution in [0.25, 0.3) is 0 Å². The molecule has 0 saturated heterocycles. The second kappa shape index (κ2) is 4.43. The van der Waals surface area contributed by atoms with Gasteiger partial charge in [0.1, 0.15) is 0 Å². The molecule has 0 aromatic heterocycles. The fourth-order valence-corrected chi connectivity index (χ4v) is 2.56. The fourth-order valence-electron chi connectivity index (χ4n) is 1.23. The summed E-state index contributed by atoms with van der Waals surface area (Å²) in [5.74, 6) is -0.317. The summed E-state index contributed by atoms with van der Waals surface area (Å²) in [5.41, 5.74) is 0.888. The van der Waals surface area contributed by atoms with Gasteiger partial charge in [-0.05, 0) is 24.6 Å². The van der Waals surface area contributed by atoms with Crippen LogP contribution in [0, 0.1) is 18.3 Å². The molecule has 0 aliphatic heterocycles. The Labute approximate surface area is 88.7 Å². The minimum absolute atomic E-state index is 0.121. The Morgan fingerprint density at radius 3 is 2.67 bits per heavy atom. The summed E-state index contributed by atoms with van der Waals surface area (Å²) in [6.45, 7) is 1.24. The quantitative estimate of drug-likeness (QED) is 0.818. The zero-order valence-corrected chi connectivity index (χ0v) is 9.08. The molecule has 0 amide bonds. The van der Waals surface area contributed by atoms with Gasteiger partial charge in [-0.15, -0.1) is 0 Å². The van der Waals surface area contributed by atoms with Crippen molar-refractivity contribution in [3.05, 3.63) is 29.3 Å². The highest BCUT2D eigenvalue weighted by Crippen LogP contribution is 2.17. The van der Waals surface area contributed by atoms with Gasteiger partial charge in [0, 0.05) is 0 Å². The van der Waals surface area contributed by atoms with E-state index in [4.69, 9.17) is 10.4 Å². The average molecular weight is 225 g/mol. The summed E-state index contributed by atoms with van der Waals surface area (Å²) < 4.78 is 23.3.